The van der Waals surface area contributed by atoms with Crippen molar-refractivity contribution in [2.75, 3.05) is 0 Å². The van der Waals surface area contributed by atoms with E-state index in [2.05, 4.69) is 0 Å². The van der Waals surface area contributed by atoms with Crippen molar-refractivity contribution in [1.82, 2.24) is 0 Å². The van der Waals surface area contributed by atoms with Gasteiger partial charge in [0.15, 0.2) is 16.3 Å². The van der Waals surface area contributed by atoms with E-state index >= 15 is 0 Å². The van der Waals surface area contributed by atoms with Gasteiger partial charge >= 0.3 is 58.8 Å². The van der Waals surface area contributed by atoms with Crippen LogP contribution in [0.1, 0.15) is 38.5 Å². The summed E-state index contributed by atoms with van der Waals surface area (Å²) in [7, 11) is -7.53. The summed E-state index contributed by atoms with van der Waals surface area (Å²) in [5.41, 5.74) is 0. The van der Waals surface area contributed by atoms with Crippen LogP contribution in [0.5, 0.6) is 0 Å². The smallest absolute Gasteiger partial charge is 0.743 e. The minimum Gasteiger partial charge on any atom is -0.743 e. The second-order valence-electron chi connectivity index (χ2n) is 5.78. The van der Waals surface area contributed by atoms with Crippen LogP contribution in [0.15, 0.2) is 0 Å². The second-order valence-corrected chi connectivity index (χ2v) is 7.20. The second kappa shape index (κ2) is 10.1. The van der Waals surface area contributed by atoms with Gasteiger partial charge in [0, 0.05) is 6.42 Å². The third-order valence-corrected chi connectivity index (χ3v) is 4.44. The van der Waals surface area contributed by atoms with Crippen molar-refractivity contribution >= 4 is 10.1 Å². The Bertz CT molecular complexity index is 620. The predicted molar refractivity (Wildman–Crippen MR) is 68.1 cm³/mol. The van der Waals surface area contributed by atoms with Crippen molar-refractivity contribution in [3.63, 3.8) is 0 Å². The Morgan fingerprint density at radius 1 is 0.724 bits per heavy atom. The molecule has 0 saturated carbocycles. The standard InChI is InChI=1S/C12H14F12O3S.Na/c13-7(5-3-1-2-4-6-8(14,15)16)9(17,18)10(19,20)11(21,22)12(23,24)28(25,26)27;/h7H,1-6H2,(H,25,26,27);/q;+1/p-1. The molecule has 0 fully saturated rings. The summed E-state index contributed by atoms with van der Waals surface area (Å²) in [6.45, 7) is 0. The van der Waals surface area contributed by atoms with E-state index in [4.69, 9.17) is 0 Å². The zero-order chi connectivity index (χ0) is 22.8. The molecule has 0 N–H and O–H groups in total. The van der Waals surface area contributed by atoms with E-state index in [0.717, 1.165) is 0 Å². The molecule has 0 aliphatic carbocycles. The van der Waals surface area contributed by atoms with E-state index in [1.54, 1.807) is 0 Å². The predicted octanol–water partition coefficient (Wildman–Crippen LogP) is 2.28. The Labute approximate surface area is 179 Å². The maximum atomic E-state index is 13.4. The topological polar surface area (TPSA) is 57.2 Å². The molecule has 0 aliphatic rings. The first-order valence-electron chi connectivity index (χ1n) is 7.30. The van der Waals surface area contributed by atoms with Crippen LogP contribution in [0.2, 0.25) is 0 Å². The molecule has 0 aromatic rings. The normalized spacial score (nSPS) is 15.8. The molecule has 0 bridgehead atoms. The van der Waals surface area contributed by atoms with Crippen molar-refractivity contribution in [2.24, 2.45) is 0 Å². The van der Waals surface area contributed by atoms with E-state index in [9.17, 15) is 65.7 Å². The van der Waals surface area contributed by atoms with Crippen molar-refractivity contribution in [3.05, 3.63) is 0 Å². The molecule has 0 aliphatic heterocycles. The number of unbranched alkanes of at least 4 members (excludes halogenated alkanes) is 3. The number of halogens is 12. The summed E-state index contributed by atoms with van der Waals surface area (Å²) < 4.78 is 184. The summed E-state index contributed by atoms with van der Waals surface area (Å²) in [5, 5.41) is -7.18. The van der Waals surface area contributed by atoms with Crippen molar-refractivity contribution < 1.29 is 95.2 Å². The van der Waals surface area contributed by atoms with Gasteiger partial charge in [-0.25, -0.2) is 12.8 Å². The zero-order valence-electron chi connectivity index (χ0n) is 14.5. The van der Waals surface area contributed by atoms with Gasteiger partial charge < -0.3 is 4.55 Å². The Kier molecular flexibility index (Phi) is 10.9. The molecule has 3 nitrogen and oxygen atoms in total. The number of alkyl halides is 12. The SMILES string of the molecule is O=S(=O)([O-])C(F)(F)C(F)(F)C(F)(F)C(F)(F)C(F)CCCCCCC(F)(F)F.[Na+]. The van der Waals surface area contributed by atoms with Gasteiger partial charge in [-0.05, 0) is 12.8 Å². The van der Waals surface area contributed by atoms with Crippen LogP contribution in [-0.2, 0) is 10.1 Å². The molecule has 0 rings (SSSR count). The van der Waals surface area contributed by atoms with Gasteiger partial charge in [0.25, 0.3) is 0 Å². The average molecular weight is 488 g/mol. The third kappa shape index (κ3) is 7.04. The fourth-order valence-corrected chi connectivity index (χ4v) is 2.37. The minimum absolute atomic E-state index is 0. The maximum Gasteiger partial charge on any atom is 1.00 e. The molecule has 170 valence electrons. The Hall–Kier alpha value is 0.0700. The fourth-order valence-electron chi connectivity index (χ4n) is 1.93. The molecule has 1 atom stereocenters. The van der Waals surface area contributed by atoms with E-state index in [1.165, 1.54) is 0 Å². The van der Waals surface area contributed by atoms with Crippen molar-refractivity contribution in [2.45, 2.75) is 73.9 Å². The van der Waals surface area contributed by atoms with Gasteiger partial charge in [0.2, 0.25) is 0 Å². The molecule has 29 heavy (non-hydrogen) atoms. The first kappa shape index (κ1) is 31.3. The first-order valence-corrected chi connectivity index (χ1v) is 8.71. The molecule has 0 radical (unpaired) electrons. The molecule has 0 amide bonds. The summed E-state index contributed by atoms with van der Waals surface area (Å²) in [4.78, 5) is 0. The van der Waals surface area contributed by atoms with Crippen LogP contribution in [0, 0.1) is 0 Å². The Morgan fingerprint density at radius 2 is 1.14 bits per heavy atom. The summed E-state index contributed by atoms with van der Waals surface area (Å²) >= 11 is 0. The van der Waals surface area contributed by atoms with E-state index < -0.39 is 77.6 Å². The number of rotatable bonds is 11. The quantitative estimate of drug-likeness (QED) is 0.194. The molecule has 0 spiro atoms. The van der Waals surface area contributed by atoms with Gasteiger partial charge in [0.1, 0.15) is 0 Å². The Morgan fingerprint density at radius 3 is 1.52 bits per heavy atom. The molecule has 1 unspecified atom stereocenters. The van der Waals surface area contributed by atoms with E-state index in [0.29, 0.717) is 0 Å². The summed E-state index contributed by atoms with van der Waals surface area (Å²) in [6, 6.07) is 0. The van der Waals surface area contributed by atoms with Gasteiger partial charge in [-0.1, -0.05) is 19.3 Å². The minimum atomic E-state index is -7.53. The van der Waals surface area contributed by atoms with Gasteiger partial charge in [-0.15, -0.1) is 0 Å². The largest absolute Gasteiger partial charge is 1.00 e. The van der Waals surface area contributed by atoms with Crippen LogP contribution in [0.4, 0.5) is 52.7 Å². The average Bonchev–Trinajstić information content (AvgIpc) is 2.47. The molecular formula is C12H13F12NaO3S. The van der Waals surface area contributed by atoms with Crippen LogP contribution < -0.4 is 29.6 Å². The van der Waals surface area contributed by atoms with Crippen LogP contribution >= 0.6 is 0 Å². The molecule has 0 heterocycles. The number of hydrogen-bond acceptors (Lipinski definition) is 3. The van der Waals surface area contributed by atoms with E-state index in [-0.39, 0.29) is 36.0 Å². The summed E-state index contributed by atoms with van der Waals surface area (Å²) in [6.07, 6.45) is -13.6. The van der Waals surface area contributed by atoms with Crippen LogP contribution in [-0.4, -0.2) is 48.3 Å². The monoisotopic (exact) mass is 488 g/mol. The number of hydrogen-bond donors (Lipinski definition) is 0. The van der Waals surface area contributed by atoms with Crippen LogP contribution in [0.3, 0.4) is 0 Å². The molecule has 0 saturated heterocycles. The van der Waals surface area contributed by atoms with E-state index in [1.807, 2.05) is 0 Å². The third-order valence-electron chi connectivity index (χ3n) is 3.55. The van der Waals surface area contributed by atoms with Gasteiger partial charge in [-0.3, -0.25) is 0 Å². The van der Waals surface area contributed by atoms with Gasteiger partial charge in [0.05, 0.1) is 0 Å². The van der Waals surface area contributed by atoms with Crippen LogP contribution in [0.25, 0.3) is 0 Å². The summed E-state index contributed by atoms with van der Waals surface area (Å²) in [5.74, 6) is -21.3. The molecule has 0 aromatic carbocycles. The molecule has 17 heteroatoms. The first-order chi connectivity index (χ1) is 12.1. The van der Waals surface area contributed by atoms with Crippen molar-refractivity contribution in [3.8, 4) is 0 Å². The van der Waals surface area contributed by atoms with Gasteiger partial charge in [-0.2, -0.15) is 48.3 Å². The Balaban J connectivity index is 0. The molecular weight excluding hydrogens is 475 g/mol. The van der Waals surface area contributed by atoms with Crippen molar-refractivity contribution in [1.29, 1.82) is 0 Å². The zero-order valence-corrected chi connectivity index (χ0v) is 17.3. The fraction of sp³-hybridized carbons (Fsp3) is 1.00. The molecule has 0 aromatic heterocycles. The maximum absolute atomic E-state index is 13.4.